The predicted molar refractivity (Wildman–Crippen MR) is 124 cm³/mol. The number of hydrogen-bond acceptors (Lipinski definition) is 9. The van der Waals surface area contributed by atoms with Crippen LogP contribution in [0.2, 0.25) is 0 Å². The van der Waals surface area contributed by atoms with E-state index in [4.69, 9.17) is 23.7 Å². The summed E-state index contributed by atoms with van der Waals surface area (Å²) in [6.07, 6.45) is 1.53. The Morgan fingerprint density at radius 3 is 2.31 bits per heavy atom. The lowest BCUT2D eigenvalue weighted by molar-refractivity contribution is -0.384. The SMILES string of the molecule is COc1cc(C=C2Oc3cc(OC(=O)c4cccc([N+](=O)[O-])c4)ccc3C2=O)cc(OC)c1OC. The van der Waals surface area contributed by atoms with Crippen molar-refractivity contribution in [1.29, 1.82) is 0 Å². The average Bonchev–Trinajstić information content (AvgIpc) is 3.17. The number of hydrogen-bond donors (Lipinski definition) is 0. The van der Waals surface area contributed by atoms with Gasteiger partial charge in [0.05, 0.1) is 37.4 Å². The second-order valence-electron chi connectivity index (χ2n) is 7.25. The van der Waals surface area contributed by atoms with E-state index in [2.05, 4.69) is 0 Å². The normalized spacial score (nSPS) is 13.1. The summed E-state index contributed by atoms with van der Waals surface area (Å²) >= 11 is 0. The molecule has 0 spiro atoms. The van der Waals surface area contributed by atoms with Gasteiger partial charge in [0.25, 0.3) is 5.69 Å². The quantitative estimate of drug-likeness (QED) is 0.160. The van der Waals surface area contributed by atoms with E-state index in [1.54, 1.807) is 12.1 Å². The van der Waals surface area contributed by atoms with E-state index in [9.17, 15) is 19.7 Å². The van der Waals surface area contributed by atoms with Crippen LogP contribution in [-0.2, 0) is 0 Å². The van der Waals surface area contributed by atoms with E-state index in [1.807, 2.05) is 0 Å². The van der Waals surface area contributed by atoms with Crippen LogP contribution in [0.3, 0.4) is 0 Å². The summed E-state index contributed by atoms with van der Waals surface area (Å²) in [5.74, 6) is 0.469. The van der Waals surface area contributed by atoms with Crippen molar-refractivity contribution in [1.82, 2.24) is 0 Å². The van der Waals surface area contributed by atoms with E-state index in [1.165, 1.54) is 63.8 Å². The number of nitro benzene ring substituents is 1. The number of carbonyl (C=O) groups excluding carboxylic acids is 2. The molecular weight excluding hydrogens is 458 g/mol. The predicted octanol–water partition coefficient (Wildman–Crippen LogP) is 4.46. The summed E-state index contributed by atoms with van der Waals surface area (Å²) in [7, 11) is 4.46. The van der Waals surface area contributed by atoms with Crippen LogP contribution in [0, 0.1) is 10.1 Å². The van der Waals surface area contributed by atoms with Crippen LogP contribution in [0.25, 0.3) is 6.08 Å². The number of ketones is 1. The highest BCUT2D eigenvalue weighted by molar-refractivity contribution is 6.14. The van der Waals surface area contributed by atoms with Gasteiger partial charge in [-0.3, -0.25) is 14.9 Å². The van der Waals surface area contributed by atoms with Gasteiger partial charge >= 0.3 is 5.97 Å². The summed E-state index contributed by atoms with van der Waals surface area (Å²) in [4.78, 5) is 35.6. The molecule has 0 bridgehead atoms. The van der Waals surface area contributed by atoms with E-state index < -0.39 is 10.9 Å². The van der Waals surface area contributed by atoms with Gasteiger partial charge in [0.15, 0.2) is 17.3 Å². The topological polar surface area (TPSA) is 123 Å². The van der Waals surface area contributed by atoms with Crippen LogP contribution < -0.4 is 23.7 Å². The second-order valence-corrected chi connectivity index (χ2v) is 7.25. The largest absolute Gasteiger partial charge is 0.493 e. The number of nitrogens with zero attached hydrogens (tertiary/aromatic N) is 1. The van der Waals surface area contributed by atoms with Crippen LogP contribution in [0.15, 0.2) is 60.4 Å². The minimum atomic E-state index is -0.786. The lowest BCUT2D eigenvalue weighted by Gasteiger charge is -2.13. The Kier molecular flexibility index (Phi) is 6.36. The van der Waals surface area contributed by atoms with Gasteiger partial charge in [-0.25, -0.2) is 4.79 Å². The van der Waals surface area contributed by atoms with Gasteiger partial charge in [-0.05, 0) is 42.0 Å². The zero-order valence-corrected chi connectivity index (χ0v) is 18.9. The van der Waals surface area contributed by atoms with E-state index in [-0.39, 0.29) is 34.3 Å². The molecule has 35 heavy (non-hydrogen) atoms. The van der Waals surface area contributed by atoms with Gasteiger partial charge in [-0.2, -0.15) is 0 Å². The number of non-ortho nitro benzene ring substituents is 1. The molecule has 3 aromatic rings. The van der Waals surface area contributed by atoms with Crippen molar-refractivity contribution >= 4 is 23.5 Å². The highest BCUT2D eigenvalue weighted by Crippen LogP contribution is 2.40. The molecule has 0 unspecified atom stereocenters. The van der Waals surface area contributed by atoms with E-state index in [0.29, 0.717) is 28.4 Å². The Morgan fingerprint density at radius 2 is 1.69 bits per heavy atom. The molecule has 10 heteroatoms. The standard InChI is InChI=1S/C25H19NO9/c1-31-21-10-14(11-22(32-2)24(21)33-3)9-20-23(27)18-8-7-17(13-19(18)35-20)34-25(28)15-5-4-6-16(12-15)26(29)30/h4-13H,1-3H3. The molecule has 0 saturated carbocycles. The molecule has 0 amide bonds. The number of esters is 1. The Morgan fingerprint density at radius 1 is 0.971 bits per heavy atom. The fourth-order valence-electron chi connectivity index (χ4n) is 3.48. The smallest absolute Gasteiger partial charge is 0.343 e. The monoisotopic (exact) mass is 477 g/mol. The fourth-order valence-corrected chi connectivity index (χ4v) is 3.48. The number of Topliss-reactive ketones (excluding diaryl/α,β-unsaturated/α-hetero) is 1. The fraction of sp³-hybridized carbons (Fsp3) is 0.120. The number of methoxy groups -OCH3 is 3. The molecule has 10 nitrogen and oxygen atoms in total. The van der Waals surface area contributed by atoms with Gasteiger partial charge < -0.3 is 23.7 Å². The molecule has 178 valence electrons. The molecule has 1 heterocycles. The van der Waals surface area contributed by atoms with Gasteiger partial charge in [-0.15, -0.1) is 0 Å². The molecular formula is C25H19NO9. The van der Waals surface area contributed by atoms with Gasteiger partial charge in [-0.1, -0.05) is 6.07 Å². The summed E-state index contributed by atoms with van der Waals surface area (Å²) in [6, 6.07) is 12.8. The molecule has 4 rings (SSSR count). The maximum atomic E-state index is 12.8. The number of carbonyl (C=O) groups is 2. The number of ether oxygens (including phenoxy) is 5. The molecule has 1 aliphatic rings. The first kappa shape index (κ1) is 23.3. The summed E-state index contributed by atoms with van der Waals surface area (Å²) in [6.45, 7) is 0. The maximum Gasteiger partial charge on any atom is 0.343 e. The third kappa shape index (κ3) is 4.62. The van der Waals surface area contributed by atoms with Crippen molar-refractivity contribution in [3.05, 3.63) is 87.2 Å². The molecule has 0 fully saturated rings. The van der Waals surface area contributed by atoms with Crippen molar-refractivity contribution in [2.75, 3.05) is 21.3 Å². The van der Waals surface area contributed by atoms with Crippen LogP contribution in [0.1, 0.15) is 26.3 Å². The number of allylic oxidation sites excluding steroid dienone is 1. The molecule has 1 aliphatic heterocycles. The van der Waals surface area contributed by atoms with Gasteiger partial charge in [0.1, 0.15) is 11.5 Å². The number of nitro groups is 1. The van der Waals surface area contributed by atoms with Crippen molar-refractivity contribution in [3.8, 4) is 28.7 Å². The van der Waals surface area contributed by atoms with Crippen LogP contribution in [0.4, 0.5) is 5.69 Å². The van der Waals surface area contributed by atoms with Crippen molar-refractivity contribution < 1.29 is 38.2 Å². The summed E-state index contributed by atoms with van der Waals surface area (Å²) < 4.78 is 27.0. The molecule has 3 aromatic carbocycles. The Labute approximate surface area is 199 Å². The van der Waals surface area contributed by atoms with Crippen molar-refractivity contribution in [2.24, 2.45) is 0 Å². The number of rotatable bonds is 7. The number of fused-ring (bicyclic) bond motifs is 1. The molecule has 0 N–H and O–H groups in total. The van der Waals surface area contributed by atoms with Gasteiger partial charge in [0, 0.05) is 18.2 Å². The minimum Gasteiger partial charge on any atom is -0.493 e. The lowest BCUT2D eigenvalue weighted by Crippen LogP contribution is -2.08. The third-order valence-corrected chi connectivity index (χ3v) is 5.13. The molecule has 0 aromatic heterocycles. The van der Waals surface area contributed by atoms with Crippen molar-refractivity contribution in [3.63, 3.8) is 0 Å². The summed E-state index contributed by atoms with van der Waals surface area (Å²) in [5.41, 5.74) is 0.649. The molecule has 0 atom stereocenters. The Balaban J connectivity index is 1.58. The van der Waals surface area contributed by atoms with E-state index >= 15 is 0 Å². The van der Waals surface area contributed by atoms with Crippen molar-refractivity contribution in [2.45, 2.75) is 0 Å². The number of benzene rings is 3. The second kappa shape index (κ2) is 9.56. The lowest BCUT2D eigenvalue weighted by atomic mass is 10.1. The zero-order valence-electron chi connectivity index (χ0n) is 18.9. The van der Waals surface area contributed by atoms with E-state index in [0.717, 1.165) is 6.07 Å². The third-order valence-electron chi connectivity index (χ3n) is 5.13. The maximum absolute atomic E-state index is 12.8. The van der Waals surface area contributed by atoms with Gasteiger partial charge in [0.2, 0.25) is 11.5 Å². The first-order valence-corrected chi connectivity index (χ1v) is 10.2. The zero-order chi connectivity index (χ0) is 25.1. The minimum absolute atomic E-state index is 0.0136. The molecule has 0 aliphatic carbocycles. The molecule has 0 radical (unpaired) electrons. The average molecular weight is 477 g/mol. The Hall–Kier alpha value is -4.86. The Bertz CT molecular complexity index is 1350. The highest BCUT2D eigenvalue weighted by atomic mass is 16.6. The first-order chi connectivity index (χ1) is 16.8. The molecule has 0 saturated heterocycles. The van der Waals surface area contributed by atoms with Crippen LogP contribution in [-0.4, -0.2) is 38.0 Å². The first-order valence-electron chi connectivity index (χ1n) is 10.2. The summed E-state index contributed by atoms with van der Waals surface area (Å²) in [5, 5.41) is 10.9. The van der Waals surface area contributed by atoms with Crippen LogP contribution >= 0.6 is 0 Å². The highest BCUT2D eigenvalue weighted by Gasteiger charge is 2.28. The van der Waals surface area contributed by atoms with Crippen LogP contribution in [0.5, 0.6) is 28.7 Å².